The van der Waals surface area contributed by atoms with Crippen LogP contribution in [0.1, 0.15) is 51.3 Å². The maximum absolute atomic E-state index is 12.8. The first-order valence-electron chi connectivity index (χ1n) is 6.48. The minimum Gasteiger partial charge on any atom is -0.308 e. The summed E-state index contributed by atoms with van der Waals surface area (Å²) in [7, 11) is 0. The van der Waals surface area contributed by atoms with Crippen molar-refractivity contribution in [2.75, 3.05) is 6.54 Å². The summed E-state index contributed by atoms with van der Waals surface area (Å²) in [6, 6.07) is 3.50. The number of nitrogens with one attached hydrogen (secondary N) is 1. The molecule has 1 aliphatic carbocycles. The van der Waals surface area contributed by atoms with Crippen LogP contribution in [0.3, 0.4) is 0 Å². The van der Waals surface area contributed by atoms with Crippen LogP contribution in [0, 0.1) is 11.2 Å². The number of hydrogen-bond donors (Lipinski definition) is 1. The molecule has 0 radical (unpaired) electrons. The SMILES string of the molecule is CCC(NCC1(C)CCC1)c1ccc(F)cn1. The van der Waals surface area contributed by atoms with E-state index in [1.54, 1.807) is 6.07 Å². The molecule has 0 aromatic carbocycles. The molecular weight excluding hydrogens is 215 g/mol. The number of aromatic nitrogens is 1. The summed E-state index contributed by atoms with van der Waals surface area (Å²) in [5, 5.41) is 3.56. The smallest absolute Gasteiger partial charge is 0.141 e. The van der Waals surface area contributed by atoms with Crippen LogP contribution in [0.5, 0.6) is 0 Å². The Bertz CT molecular complexity index is 357. The van der Waals surface area contributed by atoms with Crippen LogP contribution in [0.25, 0.3) is 0 Å². The molecule has 0 aliphatic heterocycles. The molecule has 0 amide bonds. The van der Waals surface area contributed by atoms with E-state index >= 15 is 0 Å². The standard InChI is InChI=1S/C14H21FN2/c1-3-12(13-6-5-11(15)9-16-13)17-10-14(2)7-4-8-14/h5-6,9,12,17H,3-4,7-8,10H2,1-2H3. The van der Waals surface area contributed by atoms with Gasteiger partial charge in [0.2, 0.25) is 0 Å². The maximum Gasteiger partial charge on any atom is 0.141 e. The van der Waals surface area contributed by atoms with Crippen LogP contribution in [0.2, 0.25) is 0 Å². The molecular formula is C14H21FN2. The van der Waals surface area contributed by atoms with E-state index in [0.29, 0.717) is 5.41 Å². The maximum atomic E-state index is 12.8. The highest BCUT2D eigenvalue weighted by molar-refractivity contribution is 5.10. The van der Waals surface area contributed by atoms with Crippen LogP contribution >= 0.6 is 0 Å². The van der Waals surface area contributed by atoms with Gasteiger partial charge in [0, 0.05) is 12.6 Å². The van der Waals surface area contributed by atoms with Crippen molar-refractivity contribution in [3.63, 3.8) is 0 Å². The lowest BCUT2D eigenvalue weighted by molar-refractivity contribution is 0.150. The van der Waals surface area contributed by atoms with E-state index in [0.717, 1.165) is 18.7 Å². The molecule has 1 aliphatic rings. The highest BCUT2D eigenvalue weighted by atomic mass is 19.1. The van der Waals surface area contributed by atoms with E-state index in [4.69, 9.17) is 0 Å². The largest absolute Gasteiger partial charge is 0.308 e. The lowest BCUT2D eigenvalue weighted by atomic mass is 9.70. The van der Waals surface area contributed by atoms with E-state index < -0.39 is 0 Å². The lowest BCUT2D eigenvalue weighted by Gasteiger charge is -2.39. The second kappa shape index (κ2) is 5.13. The summed E-state index contributed by atoms with van der Waals surface area (Å²) >= 11 is 0. The quantitative estimate of drug-likeness (QED) is 0.847. The zero-order valence-corrected chi connectivity index (χ0v) is 10.7. The number of rotatable bonds is 5. The Morgan fingerprint density at radius 1 is 1.47 bits per heavy atom. The Hall–Kier alpha value is -0.960. The predicted molar refractivity (Wildman–Crippen MR) is 67.2 cm³/mol. The van der Waals surface area contributed by atoms with Crippen molar-refractivity contribution in [2.45, 2.75) is 45.6 Å². The van der Waals surface area contributed by atoms with Crippen LogP contribution in [-0.4, -0.2) is 11.5 Å². The Labute approximate surface area is 103 Å². The van der Waals surface area contributed by atoms with Crippen molar-refractivity contribution in [1.29, 1.82) is 0 Å². The number of pyridine rings is 1. The van der Waals surface area contributed by atoms with E-state index in [2.05, 4.69) is 24.1 Å². The molecule has 1 aromatic rings. The lowest BCUT2D eigenvalue weighted by Crippen LogP contribution is -2.38. The third-order valence-electron chi connectivity index (χ3n) is 3.85. The fourth-order valence-electron chi connectivity index (χ4n) is 2.38. The fourth-order valence-corrected chi connectivity index (χ4v) is 2.38. The number of nitrogens with zero attached hydrogens (tertiary/aromatic N) is 1. The summed E-state index contributed by atoms with van der Waals surface area (Å²) in [4.78, 5) is 4.16. The van der Waals surface area contributed by atoms with Gasteiger partial charge in [-0.1, -0.05) is 20.3 Å². The third-order valence-corrected chi connectivity index (χ3v) is 3.85. The molecule has 94 valence electrons. The molecule has 17 heavy (non-hydrogen) atoms. The molecule has 1 atom stereocenters. The van der Waals surface area contributed by atoms with Gasteiger partial charge in [-0.3, -0.25) is 4.98 Å². The summed E-state index contributed by atoms with van der Waals surface area (Å²) in [6.07, 6.45) is 6.25. The van der Waals surface area contributed by atoms with Crippen LogP contribution in [0.15, 0.2) is 18.3 Å². The zero-order chi connectivity index (χ0) is 12.3. The molecule has 1 saturated carbocycles. The van der Waals surface area contributed by atoms with Crippen molar-refractivity contribution in [3.8, 4) is 0 Å². The molecule has 1 unspecified atom stereocenters. The summed E-state index contributed by atoms with van der Waals surface area (Å²) in [5.74, 6) is -0.269. The first-order valence-corrected chi connectivity index (χ1v) is 6.48. The molecule has 2 nitrogen and oxygen atoms in total. The summed E-state index contributed by atoms with van der Waals surface area (Å²) in [6.45, 7) is 5.49. The topological polar surface area (TPSA) is 24.9 Å². The molecule has 0 saturated heterocycles. The Morgan fingerprint density at radius 3 is 2.71 bits per heavy atom. The van der Waals surface area contributed by atoms with Gasteiger partial charge < -0.3 is 5.32 Å². The van der Waals surface area contributed by atoms with Crippen molar-refractivity contribution in [1.82, 2.24) is 10.3 Å². The molecule has 1 fully saturated rings. The van der Waals surface area contributed by atoms with Crippen LogP contribution in [0.4, 0.5) is 4.39 Å². The predicted octanol–water partition coefficient (Wildman–Crippen LogP) is 3.45. The van der Waals surface area contributed by atoms with E-state index in [9.17, 15) is 4.39 Å². The molecule has 1 heterocycles. The number of halogens is 1. The monoisotopic (exact) mass is 236 g/mol. The third kappa shape index (κ3) is 3.03. The Morgan fingerprint density at radius 2 is 2.24 bits per heavy atom. The highest BCUT2D eigenvalue weighted by Crippen LogP contribution is 2.39. The minimum absolute atomic E-state index is 0.244. The normalized spacial score (nSPS) is 19.7. The molecule has 0 spiro atoms. The minimum atomic E-state index is -0.269. The van der Waals surface area contributed by atoms with Gasteiger partial charge in [0.15, 0.2) is 0 Å². The molecule has 1 N–H and O–H groups in total. The average Bonchev–Trinajstić information content (AvgIpc) is 2.30. The molecule has 0 bridgehead atoms. The van der Waals surface area contributed by atoms with Crippen LogP contribution < -0.4 is 5.32 Å². The van der Waals surface area contributed by atoms with Gasteiger partial charge in [-0.25, -0.2) is 4.39 Å². The molecule has 3 heteroatoms. The van der Waals surface area contributed by atoms with E-state index in [-0.39, 0.29) is 11.9 Å². The second-order valence-corrected chi connectivity index (χ2v) is 5.41. The van der Waals surface area contributed by atoms with Crippen LogP contribution in [-0.2, 0) is 0 Å². The fraction of sp³-hybridized carbons (Fsp3) is 0.643. The van der Waals surface area contributed by atoms with Gasteiger partial charge in [0.25, 0.3) is 0 Å². The molecule has 2 rings (SSSR count). The summed E-state index contributed by atoms with van der Waals surface area (Å²) < 4.78 is 12.8. The van der Waals surface area contributed by atoms with E-state index in [1.165, 1.54) is 31.5 Å². The van der Waals surface area contributed by atoms with Crippen molar-refractivity contribution in [2.24, 2.45) is 5.41 Å². The Kier molecular flexibility index (Phi) is 3.77. The molecule has 1 aromatic heterocycles. The van der Waals surface area contributed by atoms with Gasteiger partial charge >= 0.3 is 0 Å². The van der Waals surface area contributed by atoms with Crippen molar-refractivity contribution < 1.29 is 4.39 Å². The first-order chi connectivity index (χ1) is 8.13. The zero-order valence-electron chi connectivity index (χ0n) is 10.7. The second-order valence-electron chi connectivity index (χ2n) is 5.41. The first kappa shape index (κ1) is 12.5. The van der Waals surface area contributed by atoms with Gasteiger partial charge in [-0.2, -0.15) is 0 Å². The van der Waals surface area contributed by atoms with Gasteiger partial charge in [-0.15, -0.1) is 0 Å². The average molecular weight is 236 g/mol. The van der Waals surface area contributed by atoms with Crippen molar-refractivity contribution in [3.05, 3.63) is 29.8 Å². The Balaban J connectivity index is 1.94. The van der Waals surface area contributed by atoms with E-state index in [1.807, 2.05) is 0 Å². The van der Waals surface area contributed by atoms with Crippen molar-refractivity contribution >= 4 is 0 Å². The highest BCUT2D eigenvalue weighted by Gasteiger charge is 2.31. The van der Waals surface area contributed by atoms with Gasteiger partial charge in [-0.05, 0) is 36.8 Å². The van der Waals surface area contributed by atoms with Gasteiger partial charge in [0.05, 0.1) is 11.9 Å². The summed E-state index contributed by atoms with van der Waals surface area (Å²) in [5.41, 5.74) is 1.41. The number of hydrogen-bond acceptors (Lipinski definition) is 2. The van der Waals surface area contributed by atoms with Gasteiger partial charge in [0.1, 0.15) is 5.82 Å².